The highest BCUT2D eigenvalue weighted by Crippen LogP contribution is 2.31. The molecule has 0 fully saturated rings. The van der Waals surface area contributed by atoms with Crippen LogP contribution >= 0.6 is 11.6 Å². The van der Waals surface area contributed by atoms with Crippen molar-refractivity contribution < 1.29 is 23.1 Å². The van der Waals surface area contributed by atoms with Crippen molar-refractivity contribution in [2.75, 3.05) is 10.8 Å². The molecule has 0 spiro atoms. The minimum Gasteiger partial charge on any atom is -0.478 e. The van der Waals surface area contributed by atoms with Gasteiger partial charge in [0.15, 0.2) is 0 Å². The monoisotopic (exact) mass is 500 g/mol. The number of hydrogen-bond donors (Lipinski definition) is 2. The molecule has 0 atom stereocenters. The van der Waals surface area contributed by atoms with Gasteiger partial charge in [-0.15, -0.1) is 0 Å². The summed E-state index contributed by atoms with van der Waals surface area (Å²) in [6, 6.07) is 17.6. The Hall–Kier alpha value is -3.36. The Kier molecular flexibility index (Phi) is 7.96. The van der Waals surface area contributed by atoms with Gasteiger partial charge in [-0.1, -0.05) is 48.9 Å². The lowest BCUT2D eigenvalue weighted by Crippen LogP contribution is -2.41. The predicted octanol–water partition coefficient (Wildman–Crippen LogP) is 4.42. The smallest absolute Gasteiger partial charge is 0.335 e. The minimum absolute atomic E-state index is 0.0492. The SMILES string of the molecule is CCc1ccc(S(=O)(=O)N(CC(=O)NCc2cccc(C(=O)O)c2)c2cccc(Cl)c2C)cc1. The minimum atomic E-state index is -4.08. The van der Waals surface area contributed by atoms with Gasteiger partial charge in [-0.3, -0.25) is 9.10 Å². The average molecular weight is 501 g/mol. The first kappa shape index (κ1) is 25.3. The van der Waals surface area contributed by atoms with Crippen LogP contribution in [0.25, 0.3) is 0 Å². The Morgan fingerprint density at radius 1 is 1.00 bits per heavy atom. The molecule has 9 heteroatoms. The predicted molar refractivity (Wildman–Crippen MR) is 132 cm³/mol. The first-order chi connectivity index (χ1) is 16.1. The Morgan fingerprint density at radius 3 is 2.32 bits per heavy atom. The van der Waals surface area contributed by atoms with E-state index in [1.165, 1.54) is 24.3 Å². The zero-order valence-corrected chi connectivity index (χ0v) is 20.4. The second kappa shape index (κ2) is 10.7. The standard InChI is InChI=1S/C25H25ClN2O5S/c1-3-18-10-12-21(13-11-18)34(32,33)28(23-9-5-8-22(26)17(23)2)16-24(29)27-15-19-6-4-7-20(14-19)25(30)31/h4-14H,3,15-16H2,1-2H3,(H,27,29)(H,30,31). The summed E-state index contributed by atoms with van der Waals surface area (Å²) in [5.41, 5.74) is 2.50. The normalized spacial score (nSPS) is 11.1. The lowest BCUT2D eigenvalue weighted by atomic mass is 10.1. The molecule has 0 radical (unpaired) electrons. The van der Waals surface area contributed by atoms with Crippen LogP contribution in [0.1, 0.15) is 34.0 Å². The summed E-state index contributed by atoms with van der Waals surface area (Å²) in [4.78, 5) is 24.1. The number of aryl methyl sites for hydroxylation is 1. The summed E-state index contributed by atoms with van der Waals surface area (Å²) in [5, 5.41) is 12.2. The number of carboxylic acid groups (broad SMARTS) is 1. The van der Waals surface area contributed by atoms with E-state index in [2.05, 4.69) is 5.32 Å². The van der Waals surface area contributed by atoms with Crippen molar-refractivity contribution in [3.8, 4) is 0 Å². The fourth-order valence-corrected chi connectivity index (χ4v) is 5.04. The number of nitrogens with zero attached hydrogens (tertiary/aromatic N) is 1. The molecule has 3 aromatic carbocycles. The van der Waals surface area contributed by atoms with E-state index in [0.29, 0.717) is 21.8 Å². The van der Waals surface area contributed by atoms with Crippen molar-refractivity contribution in [1.82, 2.24) is 5.32 Å². The Bertz CT molecular complexity index is 1310. The number of nitrogens with one attached hydrogen (secondary N) is 1. The molecule has 1 amide bonds. The number of hydrogen-bond acceptors (Lipinski definition) is 4. The van der Waals surface area contributed by atoms with Gasteiger partial charge in [0.1, 0.15) is 6.54 Å². The summed E-state index contributed by atoms with van der Waals surface area (Å²) in [6.07, 6.45) is 0.767. The number of sulfonamides is 1. The van der Waals surface area contributed by atoms with Crippen LogP contribution in [-0.2, 0) is 27.8 Å². The maximum atomic E-state index is 13.6. The van der Waals surface area contributed by atoms with Crippen LogP contribution < -0.4 is 9.62 Å². The first-order valence-corrected chi connectivity index (χ1v) is 12.4. The van der Waals surface area contributed by atoms with E-state index in [1.807, 2.05) is 6.92 Å². The highest BCUT2D eigenvalue weighted by molar-refractivity contribution is 7.92. The van der Waals surface area contributed by atoms with Gasteiger partial charge in [0.25, 0.3) is 10.0 Å². The van der Waals surface area contributed by atoms with Gasteiger partial charge in [-0.2, -0.15) is 0 Å². The van der Waals surface area contributed by atoms with Gasteiger partial charge in [-0.05, 0) is 66.4 Å². The fraction of sp³-hybridized carbons (Fsp3) is 0.200. The van der Waals surface area contributed by atoms with Gasteiger partial charge in [0.2, 0.25) is 5.91 Å². The molecule has 0 saturated carbocycles. The molecule has 7 nitrogen and oxygen atoms in total. The number of benzene rings is 3. The van der Waals surface area contributed by atoms with Crippen molar-refractivity contribution in [1.29, 1.82) is 0 Å². The van der Waals surface area contributed by atoms with E-state index in [-0.39, 0.29) is 17.0 Å². The molecular formula is C25H25ClN2O5S. The van der Waals surface area contributed by atoms with E-state index in [1.54, 1.807) is 49.4 Å². The number of carboxylic acids is 1. The quantitative estimate of drug-likeness (QED) is 0.452. The summed E-state index contributed by atoms with van der Waals surface area (Å²) in [6.45, 7) is 3.24. The molecule has 0 saturated heterocycles. The maximum absolute atomic E-state index is 13.6. The molecule has 0 bridgehead atoms. The van der Waals surface area contributed by atoms with Crippen molar-refractivity contribution in [3.05, 3.63) is 94.0 Å². The van der Waals surface area contributed by atoms with Crippen LogP contribution in [0.2, 0.25) is 5.02 Å². The lowest BCUT2D eigenvalue weighted by Gasteiger charge is -2.26. The number of amides is 1. The van der Waals surface area contributed by atoms with Crippen molar-refractivity contribution in [3.63, 3.8) is 0 Å². The highest BCUT2D eigenvalue weighted by Gasteiger charge is 2.28. The van der Waals surface area contributed by atoms with E-state index < -0.39 is 28.4 Å². The lowest BCUT2D eigenvalue weighted by molar-refractivity contribution is -0.119. The topological polar surface area (TPSA) is 104 Å². The summed E-state index contributed by atoms with van der Waals surface area (Å²) in [5.74, 6) is -1.62. The third-order valence-corrected chi connectivity index (χ3v) is 7.56. The fourth-order valence-electron chi connectivity index (χ4n) is 3.39. The molecular weight excluding hydrogens is 476 g/mol. The summed E-state index contributed by atoms with van der Waals surface area (Å²) < 4.78 is 28.2. The third kappa shape index (κ3) is 5.76. The molecule has 0 unspecified atom stereocenters. The number of rotatable bonds is 9. The van der Waals surface area contributed by atoms with Crippen LogP contribution in [0.3, 0.4) is 0 Å². The summed E-state index contributed by atoms with van der Waals surface area (Å²) in [7, 11) is -4.08. The van der Waals surface area contributed by atoms with Crippen LogP contribution in [0.15, 0.2) is 71.6 Å². The molecule has 0 aliphatic carbocycles. The summed E-state index contributed by atoms with van der Waals surface area (Å²) >= 11 is 6.24. The second-order valence-electron chi connectivity index (χ2n) is 7.68. The van der Waals surface area contributed by atoms with E-state index in [9.17, 15) is 18.0 Å². The van der Waals surface area contributed by atoms with Crippen molar-refractivity contribution in [2.24, 2.45) is 0 Å². The number of carbonyl (C=O) groups excluding carboxylic acids is 1. The third-order valence-electron chi connectivity index (χ3n) is 5.38. The molecule has 0 aliphatic rings. The number of carbonyl (C=O) groups is 2. The van der Waals surface area contributed by atoms with E-state index in [0.717, 1.165) is 16.3 Å². The molecule has 3 aromatic rings. The van der Waals surface area contributed by atoms with Gasteiger partial charge in [0, 0.05) is 11.6 Å². The van der Waals surface area contributed by atoms with Crippen LogP contribution in [0.5, 0.6) is 0 Å². The molecule has 3 rings (SSSR count). The van der Waals surface area contributed by atoms with Crippen LogP contribution in [-0.4, -0.2) is 31.9 Å². The highest BCUT2D eigenvalue weighted by atomic mass is 35.5. The van der Waals surface area contributed by atoms with Gasteiger partial charge in [-0.25, -0.2) is 13.2 Å². The molecule has 34 heavy (non-hydrogen) atoms. The van der Waals surface area contributed by atoms with Gasteiger partial charge in [0.05, 0.1) is 16.1 Å². The molecule has 0 heterocycles. The Morgan fingerprint density at radius 2 is 1.68 bits per heavy atom. The average Bonchev–Trinajstić information content (AvgIpc) is 2.83. The van der Waals surface area contributed by atoms with Gasteiger partial charge >= 0.3 is 5.97 Å². The Balaban J connectivity index is 1.89. The maximum Gasteiger partial charge on any atom is 0.335 e. The zero-order chi connectivity index (χ0) is 24.9. The molecule has 0 aliphatic heterocycles. The molecule has 2 N–H and O–H groups in total. The number of halogens is 1. The van der Waals surface area contributed by atoms with Crippen molar-refractivity contribution >= 4 is 39.2 Å². The van der Waals surface area contributed by atoms with Gasteiger partial charge < -0.3 is 10.4 Å². The Labute approximate surface area is 204 Å². The van der Waals surface area contributed by atoms with E-state index in [4.69, 9.17) is 16.7 Å². The number of anilines is 1. The largest absolute Gasteiger partial charge is 0.478 e. The molecule has 0 aromatic heterocycles. The van der Waals surface area contributed by atoms with Crippen LogP contribution in [0, 0.1) is 6.92 Å². The zero-order valence-electron chi connectivity index (χ0n) is 18.8. The van der Waals surface area contributed by atoms with Crippen LogP contribution in [0.4, 0.5) is 5.69 Å². The second-order valence-corrected chi connectivity index (χ2v) is 9.94. The van der Waals surface area contributed by atoms with Crippen molar-refractivity contribution in [2.45, 2.75) is 31.7 Å². The van der Waals surface area contributed by atoms with E-state index >= 15 is 0 Å². The number of aromatic carboxylic acids is 1. The molecule has 178 valence electrons. The first-order valence-electron chi connectivity index (χ1n) is 10.6.